The normalized spacial score (nSPS) is 18.3. The van der Waals surface area contributed by atoms with Gasteiger partial charge < -0.3 is 24.6 Å². The van der Waals surface area contributed by atoms with E-state index in [1.165, 1.54) is 6.08 Å². The number of hydrogen-bond acceptors (Lipinski definition) is 7. The lowest BCUT2D eigenvalue weighted by molar-refractivity contribution is -0.245. The molecule has 42 heavy (non-hydrogen) atoms. The topological polar surface area (TPSA) is 89.9 Å². The lowest BCUT2D eigenvalue weighted by Crippen LogP contribution is -2.31. The van der Waals surface area contributed by atoms with Crippen LogP contribution >= 0.6 is 11.8 Å². The number of alkyl carbamates (subject to hydrolysis) is 1. The fourth-order valence-electron chi connectivity index (χ4n) is 4.76. The molecule has 4 aromatic rings. The number of aliphatic hydroxyl groups excluding tert-OH is 1. The first-order valence-corrected chi connectivity index (χ1v) is 14.9. The molecule has 216 valence electrons. The zero-order valence-electron chi connectivity index (χ0n) is 23.2. The molecule has 5 rings (SSSR count). The van der Waals surface area contributed by atoms with E-state index in [0.29, 0.717) is 13.0 Å². The SMILES string of the molecule is C=CCOC(=O)NCc1ccccc1-c1ccc([C@H]2O[C@@H](CSc3ccccn3)C[C@@H](c3ccc(CO)cc3)O2)cc1. The van der Waals surface area contributed by atoms with Crippen molar-refractivity contribution in [3.05, 3.63) is 132 Å². The quantitative estimate of drug-likeness (QED) is 0.146. The maximum Gasteiger partial charge on any atom is 0.407 e. The number of amides is 1. The van der Waals surface area contributed by atoms with E-state index >= 15 is 0 Å². The van der Waals surface area contributed by atoms with Crippen LogP contribution in [0.3, 0.4) is 0 Å². The van der Waals surface area contributed by atoms with Crippen molar-refractivity contribution in [1.29, 1.82) is 0 Å². The Morgan fingerprint density at radius 2 is 1.76 bits per heavy atom. The van der Waals surface area contributed by atoms with Gasteiger partial charge in [-0.05, 0) is 39.9 Å². The van der Waals surface area contributed by atoms with Gasteiger partial charge in [-0.3, -0.25) is 0 Å². The van der Waals surface area contributed by atoms with Gasteiger partial charge in [0.15, 0.2) is 6.29 Å². The Morgan fingerprint density at radius 1 is 1.00 bits per heavy atom. The van der Waals surface area contributed by atoms with E-state index in [9.17, 15) is 9.90 Å². The van der Waals surface area contributed by atoms with Gasteiger partial charge in [0.05, 0.1) is 23.8 Å². The summed E-state index contributed by atoms with van der Waals surface area (Å²) in [7, 11) is 0. The molecule has 0 aliphatic carbocycles. The third kappa shape index (κ3) is 7.86. The first-order valence-electron chi connectivity index (χ1n) is 13.9. The van der Waals surface area contributed by atoms with Crippen LogP contribution in [0.25, 0.3) is 11.1 Å². The smallest absolute Gasteiger partial charge is 0.407 e. The number of thioether (sulfide) groups is 1. The van der Waals surface area contributed by atoms with E-state index in [-0.39, 0.29) is 25.4 Å². The summed E-state index contributed by atoms with van der Waals surface area (Å²) >= 11 is 1.67. The summed E-state index contributed by atoms with van der Waals surface area (Å²) in [6.07, 6.45) is 2.81. The van der Waals surface area contributed by atoms with Crippen molar-refractivity contribution in [1.82, 2.24) is 10.3 Å². The van der Waals surface area contributed by atoms with Crippen LogP contribution < -0.4 is 5.32 Å². The van der Waals surface area contributed by atoms with Gasteiger partial charge in [-0.2, -0.15) is 0 Å². The van der Waals surface area contributed by atoms with E-state index in [1.807, 2.05) is 91.0 Å². The molecule has 2 N–H and O–H groups in total. The molecule has 0 spiro atoms. The lowest BCUT2D eigenvalue weighted by Gasteiger charge is -2.36. The zero-order chi connectivity index (χ0) is 29.1. The summed E-state index contributed by atoms with van der Waals surface area (Å²) in [6, 6.07) is 29.9. The largest absolute Gasteiger partial charge is 0.445 e. The van der Waals surface area contributed by atoms with Crippen LogP contribution in [-0.2, 0) is 27.4 Å². The third-order valence-electron chi connectivity index (χ3n) is 6.94. The highest BCUT2D eigenvalue weighted by Crippen LogP contribution is 2.40. The maximum absolute atomic E-state index is 11.9. The molecule has 1 aliphatic rings. The highest BCUT2D eigenvalue weighted by atomic mass is 32.2. The highest BCUT2D eigenvalue weighted by molar-refractivity contribution is 7.99. The van der Waals surface area contributed by atoms with Crippen molar-refractivity contribution in [2.45, 2.75) is 43.1 Å². The summed E-state index contributed by atoms with van der Waals surface area (Å²) in [5.74, 6) is 0.746. The van der Waals surface area contributed by atoms with Crippen molar-refractivity contribution in [3.63, 3.8) is 0 Å². The van der Waals surface area contributed by atoms with E-state index in [0.717, 1.165) is 44.2 Å². The van der Waals surface area contributed by atoms with E-state index < -0.39 is 12.4 Å². The molecule has 3 atom stereocenters. The van der Waals surface area contributed by atoms with Crippen molar-refractivity contribution in [2.24, 2.45) is 0 Å². The second kappa shape index (κ2) is 14.8. The lowest BCUT2D eigenvalue weighted by atomic mass is 9.98. The van der Waals surface area contributed by atoms with Crippen LogP contribution in [0.4, 0.5) is 4.79 Å². The molecule has 1 aromatic heterocycles. The first kappa shape index (κ1) is 29.5. The van der Waals surface area contributed by atoms with Crippen LogP contribution in [0.5, 0.6) is 0 Å². The van der Waals surface area contributed by atoms with Crippen LogP contribution in [0, 0.1) is 0 Å². The summed E-state index contributed by atoms with van der Waals surface area (Å²) in [4.78, 5) is 16.4. The van der Waals surface area contributed by atoms with Gasteiger partial charge in [0.1, 0.15) is 6.61 Å². The number of pyridine rings is 1. The molecule has 0 saturated carbocycles. The van der Waals surface area contributed by atoms with Gasteiger partial charge in [0, 0.05) is 30.5 Å². The summed E-state index contributed by atoms with van der Waals surface area (Å²) in [5, 5.41) is 13.2. The van der Waals surface area contributed by atoms with Gasteiger partial charge >= 0.3 is 6.09 Å². The number of carbonyl (C=O) groups is 1. The Morgan fingerprint density at radius 3 is 2.50 bits per heavy atom. The molecule has 1 amide bonds. The molecule has 3 aromatic carbocycles. The van der Waals surface area contributed by atoms with Crippen LogP contribution in [0.1, 0.15) is 41.1 Å². The van der Waals surface area contributed by atoms with E-state index in [4.69, 9.17) is 14.2 Å². The Labute approximate surface area is 250 Å². The van der Waals surface area contributed by atoms with E-state index in [1.54, 1.807) is 18.0 Å². The first-order chi connectivity index (χ1) is 20.6. The molecule has 2 heterocycles. The van der Waals surface area contributed by atoms with Gasteiger partial charge in [-0.25, -0.2) is 9.78 Å². The maximum atomic E-state index is 11.9. The Bertz CT molecular complexity index is 1450. The van der Waals surface area contributed by atoms with Crippen molar-refractivity contribution in [2.75, 3.05) is 12.4 Å². The zero-order valence-corrected chi connectivity index (χ0v) is 24.0. The van der Waals surface area contributed by atoms with Gasteiger partial charge in [0.25, 0.3) is 0 Å². The number of hydrogen-bond donors (Lipinski definition) is 2. The molecule has 1 aliphatic heterocycles. The van der Waals surface area contributed by atoms with Gasteiger partial charge in [-0.15, -0.1) is 11.8 Å². The minimum Gasteiger partial charge on any atom is -0.445 e. The van der Waals surface area contributed by atoms with Crippen LogP contribution in [0.15, 0.2) is 115 Å². The molecule has 0 bridgehead atoms. The second-order valence-corrected chi connectivity index (χ2v) is 10.9. The fourth-order valence-corrected chi connectivity index (χ4v) is 5.64. The van der Waals surface area contributed by atoms with Crippen LogP contribution in [0.2, 0.25) is 0 Å². The molecular formula is C34H34N2O5S. The number of rotatable bonds is 11. The summed E-state index contributed by atoms with van der Waals surface area (Å²) in [6.45, 7) is 4.08. The predicted molar refractivity (Wildman–Crippen MR) is 164 cm³/mol. The molecule has 1 saturated heterocycles. The number of carbonyl (C=O) groups excluding carboxylic acids is 1. The number of nitrogens with zero attached hydrogens (tertiary/aromatic N) is 1. The molecule has 8 heteroatoms. The summed E-state index contributed by atoms with van der Waals surface area (Å²) < 4.78 is 18.0. The molecular weight excluding hydrogens is 548 g/mol. The summed E-state index contributed by atoms with van der Waals surface area (Å²) in [5.41, 5.74) is 5.85. The number of nitrogens with one attached hydrogen (secondary N) is 1. The van der Waals surface area contributed by atoms with Crippen molar-refractivity contribution in [3.8, 4) is 11.1 Å². The Balaban J connectivity index is 1.32. The standard InChI is InChI=1S/C34H34N2O5S/c1-2-19-39-34(38)36-21-28-7-3-4-8-30(28)25-14-16-27(17-15-25)33-40-29(23-42-32-9-5-6-18-35-32)20-31(41-33)26-12-10-24(22-37)11-13-26/h2-18,29,31,33,37H,1,19-23H2,(H,36,38)/t29-,31+,33+/m1/s1. The number of aromatic nitrogens is 1. The highest BCUT2D eigenvalue weighted by Gasteiger charge is 2.32. The Kier molecular flexibility index (Phi) is 10.4. The number of benzene rings is 3. The van der Waals surface area contributed by atoms with E-state index in [2.05, 4.69) is 16.9 Å². The molecule has 7 nitrogen and oxygen atoms in total. The third-order valence-corrected chi connectivity index (χ3v) is 8.01. The monoisotopic (exact) mass is 582 g/mol. The fraction of sp³-hybridized carbons (Fsp3) is 0.235. The Hall–Kier alpha value is -3.95. The molecule has 0 unspecified atom stereocenters. The van der Waals surface area contributed by atoms with Crippen molar-refractivity contribution < 1.29 is 24.1 Å². The molecule has 0 radical (unpaired) electrons. The average molecular weight is 583 g/mol. The van der Waals surface area contributed by atoms with Gasteiger partial charge in [-0.1, -0.05) is 91.5 Å². The minimum absolute atomic E-state index is 0.00577. The average Bonchev–Trinajstić information content (AvgIpc) is 3.06. The van der Waals surface area contributed by atoms with Crippen LogP contribution in [-0.4, -0.2) is 34.6 Å². The minimum atomic E-state index is -0.541. The number of ether oxygens (including phenoxy) is 3. The predicted octanol–water partition coefficient (Wildman–Crippen LogP) is 6.99. The van der Waals surface area contributed by atoms with Gasteiger partial charge in [0.2, 0.25) is 0 Å². The second-order valence-electron chi connectivity index (χ2n) is 9.85. The molecule has 1 fully saturated rings. The number of aliphatic hydroxyl groups is 1. The van der Waals surface area contributed by atoms with Crippen molar-refractivity contribution >= 4 is 17.9 Å².